The predicted octanol–water partition coefficient (Wildman–Crippen LogP) is 0.744. The summed E-state index contributed by atoms with van der Waals surface area (Å²) in [7, 11) is 0. The third kappa shape index (κ3) is 1.88. The number of carbonyl (C=O) groups is 2. The van der Waals surface area contributed by atoms with Crippen molar-refractivity contribution in [2.75, 3.05) is 18.1 Å². The lowest BCUT2D eigenvalue weighted by molar-refractivity contribution is -0.142. The topological polar surface area (TPSA) is 37.4 Å². The Morgan fingerprint density at radius 2 is 1.92 bits per heavy atom. The van der Waals surface area contributed by atoms with Gasteiger partial charge in [-0.25, -0.2) is 0 Å². The van der Waals surface area contributed by atoms with Crippen LogP contribution in [-0.4, -0.2) is 34.8 Å². The lowest BCUT2D eigenvalue weighted by Crippen LogP contribution is -2.44. The molecular weight excluding hydrogens is 186 g/mol. The number of hydrogen-bond donors (Lipinski definition) is 0. The van der Waals surface area contributed by atoms with Crippen molar-refractivity contribution >= 4 is 23.6 Å². The zero-order valence-corrected chi connectivity index (χ0v) is 8.47. The van der Waals surface area contributed by atoms with E-state index in [1.807, 2.05) is 0 Å². The van der Waals surface area contributed by atoms with Crippen molar-refractivity contribution in [2.45, 2.75) is 13.3 Å². The molecule has 0 N–H and O–H groups in total. The van der Waals surface area contributed by atoms with E-state index in [0.717, 1.165) is 0 Å². The normalized spacial score (nSPS) is 33.8. The van der Waals surface area contributed by atoms with Gasteiger partial charge in [0.05, 0.1) is 11.5 Å². The molecule has 2 aliphatic rings. The molecule has 1 heterocycles. The first-order chi connectivity index (χ1) is 6.18. The molecule has 2 atom stereocenters. The lowest BCUT2D eigenvalue weighted by atomic mass is 10.3. The first kappa shape index (κ1) is 9.06. The minimum absolute atomic E-state index is 0.000324. The Bertz CT molecular complexity index is 238. The average Bonchev–Trinajstić information content (AvgIpc) is 2.75. The fourth-order valence-electron chi connectivity index (χ4n) is 1.61. The van der Waals surface area contributed by atoms with Crippen molar-refractivity contribution < 1.29 is 9.59 Å². The van der Waals surface area contributed by atoms with Gasteiger partial charge in [0.15, 0.2) is 0 Å². The van der Waals surface area contributed by atoms with Crippen molar-refractivity contribution in [2.24, 2.45) is 11.8 Å². The molecule has 2 amide bonds. The summed E-state index contributed by atoms with van der Waals surface area (Å²) in [5.74, 6) is 2.24. The van der Waals surface area contributed by atoms with Crippen LogP contribution in [0.4, 0.5) is 0 Å². The van der Waals surface area contributed by atoms with Crippen LogP contribution in [-0.2, 0) is 9.59 Å². The fraction of sp³-hybridized carbons (Fsp3) is 0.778. The molecule has 1 saturated heterocycles. The van der Waals surface area contributed by atoms with Crippen LogP contribution in [0.5, 0.6) is 0 Å². The number of thioether (sulfide) groups is 1. The summed E-state index contributed by atoms with van der Waals surface area (Å²) in [5, 5.41) is 0. The zero-order valence-electron chi connectivity index (χ0n) is 7.66. The van der Waals surface area contributed by atoms with Gasteiger partial charge in [0.1, 0.15) is 0 Å². The molecule has 0 bridgehead atoms. The highest BCUT2D eigenvalue weighted by atomic mass is 32.2. The summed E-state index contributed by atoms with van der Waals surface area (Å²) in [5.41, 5.74) is 0. The minimum Gasteiger partial charge on any atom is -0.281 e. The highest BCUT2D eigenvalue weighted by molar-refractivity contribution is 8.00. The number of nitrogens with zero attached hydrogens (tertiary/aromatic N) is 1. The van der Waals surface area contributed by atoms with E-state index >= 15 is 0 Å². The van der Waals surface area contributed by atoms with Gasteiger partial charge in [0.25, 0.3) is 0 Å². The molecule has 0 aromatic heterocycles. The van der Waals surface area contributed by atoms with Crippen molar-refractivity contribution in [3.8, 4) is 0 Å². The molecule has 13 heavy (non-hydrogen) atoms. The van der Waals surface area contributed by atoms with E-state index in [-0.39, 0.29) is 11.8 Å². The van der Waals surface area contributed by atoms with Gasteiger partial charge in [-0.05, 0) is 18.3 Å². The minimum atomic E-state index is 0.000324. The second-order valence-electron chi connectivity index (χ2n) is 3.86. The average molecular weight is 199 g/mol. The van der Waals surface area contributed by atoms with Gasteiger partial charge in [-0.15, -0.1) is 11.8 Å². The molecule has 72 valence electrons. The van der Waals surface area contributed by atoms with Gasteiger partial charge < -0.3 is 0 Å². The van der Waals surface area contributed by atoms with Crippen LogP contribution in [0.15, 0.2) is 0 Å². The SMILES string of the molecule is CC1CC1CN1C(=O)CSCC1=O. The second kappa shape index (κ2) is 3.33. The first-order valence-electron chi connectivity index (χ1n) is 4.59. The Labute approximate surface area is 81.9 Å². The Morgan fingerprint density at radius 3 is 2.38 bits per heavy atom. The maximum absolute atomic E-state index is 11.4. The fourth-order valence-corrected chi connectivity index (χ4v) is 2.38. The summed E-state index contributed by atoms with van der Waals surface area (Å²) >= 11 is 1.42. The zero-order chi connectivity index (χ0) is 9.42. The molecule has 1 saturated carbocycles. The maximum atomic E-state index is 11.4. The van der Waals surface area contributed by atoms with Gasteiger partial charge in [-0.3, -0.25) is 14.5 Å². The number of imide groups is 1. The summed E-state index contributed by atoms with van der Waals surface area (Å²) in [6.07, 6.45) is 1.17. The lowest BCUT2D eigenvalue weighted by Gasteiger charge is -2.24. The van der Waals surface area contributed by atoms with E-state index in [1.165, 1.54) is 23.1 Å². The monoisotopic (exact) mass is 199 g/mol. The summed E-state index contributed by atoms with van der Waals surface area (Å²) in [6.45, 7) is 2.83. The van der Waals surface area contributed by atoms with E-state index in [9.17, 15) is 9.59 Å². The Morgan fingerprint density at radius 1 is 1.38 bits per heavy atom. The van der Waals surface area contributed by atoms with Crippen LogP contribution in [0.1, 0.15) is 13.3 Å². The smallest absolute Gasteiger partial charge is 0.239 e. The standard InChI is InChI=1S/C9H13NO2S/c1-6-2-7(6)3-10-8(11)4-13-5-9(10)12/h6-7H,2-5H2,1H3. The summed E-state index contributed by atoms with van der Waals surface area (Å²) < 4.78 is 0. The molecule has 0 aromatic carbocycles. The molecule has 2 unspecified atom stereocenters. The van der Waals surface area contributed by atoms with E-state index in [2.05, 4.69) is 6.92 Å². The van der Waals surface area contributed by atoms with Crippen molar-refractivity contribution in [1.82, 2.24) is 4.90 Å². The predicted molar refractivity (Wildman–Crippen MR) is 51.3 cm³/mol. The number of rotatable bonds is 2. The highest BCUT2D eigenvalue weighted by Gasteiger charge is 2.38. The van der Waals surface area contributed by atoms with E-state index < -0.39 is 0 Å². The van der Waals surface area contributed by atoms with Crippen molar-refractivity contribution in [1.29, 1.82) is 0 Å². The van der Waals surface area contributed by atoms with Crippen molar-refractivity contribution in [3.05, 3.63) is 0 Å². The third-order valence-electron chi connectivity index (χ3n) is 2.75. The molecule has 1 aliphatic carbocycles. The molecule has 2 rings (SSSR count). The van der Waals surface area contributed by atoms with Gasteiger partial charge >= 0.3 is 0 Å². The van der Waals surface area contributed by atoms with Crippen LogP contribution in [0.3, 0.4) is 0 Å². The van der Waals surface area contributed by atoms with E-state index in [0.29, 0.717) is 29.9 Å². The Hall–Kier alpha value is -0.510. The number of amides is 2. The van der Waals surface area contributed by atoms with Gasteiger partial charge in [0, 0.05) is 6.54 Å². The largest absolute Gasteiger partial charge is 0.281 e. The molecule has 1 aliphatic heterocycles. The van der Waals surface area contributed by atoms with Crippen LogP contribution in [0.25, 0.3) is 0 Å². The number of carbonyl (C=O) groups excluding carboxylic acids is 2. The van der Waals surface area contributed by atoms with E-state index in [4.69, 9.17) is 0 Å². The summed E-state index contributed by atoms with van der Waals surface area (Å²) in [6, 6.07) is 0. The maximum Gasteiger partial charge on any atom is 0.239 e. The quantitative estimate of drug-likeness (QED) is 0.616. The Kier molecular flexibility index (Phi) is 2.32. The van der Waals surface area contributed by atoms with Crippen LogP contribution < -0.4 is 0 Å². The Balaban J connectivity index is 1.94. The molecule has 0 radical (unpaired) electrons. The first-order valence-corrected chi connectivity index (χ1v) is 5.75. The molecule has 2 fully saturated rings. The highest BCUT2D eigenvalue weighted by Crippen LogP contribution is 2.38. The number of hydrogen-bond acceptors (Lipinski definition) is 3. The van der Waals surface area contributed by atoms with Gasteiger partial charge in [-0.2, -0.15) is 0 Å². The second-order valence-corrected chi connectivity index (χ2v) is 4.85. The molecule has 0 aromatic rings. The van der Waals surface area contributed by atoms with Crippen LogP contribution in [0.2, 0.25) is 0 Å². The summed E-state index contributed by atoms with van der Waals surface area (Å²) in [4.78, 5) is 24.2. The van der Waals surface area contributed by atoms with Gasteiger partial charge in [0.2, 0.25) is 11.8 Å². The van der Waals surface area contributed by atoms with Crippen LogP contribution >= 0.6 is 11.8 Å². The van der Waals surface area contributed by atoms with E-state index in [1.54, 1.807) is 0 Å². The molecule has 4 heteroatoms. The van der Waals surface area contributed by atoms with Crippen molar-refractivity contribution in [3.63, 3.8) is 0 Å². The molecule has 3 nitrogen and oxygen atoms in total. The molecule has 0 spiro atoms. The van der Waals surface area contributed by atoms with Gasteiger partial charge in [-0.1, -0.05) is 6.92 Å². The van der Waals surface area contributed by atoms with Crippen LogP contribution in [0, 0.1) is 11.8 Å². The molecular formula is C9H13NO2S. The third-order valence-corrected chi connectivity index (χ3v) is 3.65.